The van der Waals surface area contributed by atoms with Crippen LogP contribution in [0.1, 0.15) is 43.2 Å². The first kappa shape index (κ1) is 14.9. The van der Waals surface area contributed by atoms with Crippen molar-refractivity contribution in [3.05, 3.63) is 48.0 Å². The second-order valence-corrected chi connectivity index (χ2v) is 6.02. The van der Waals surface area contributed by atoms with Crippen LogP contribution in [0.5, 0.6) is 0 Å². The topological polar surface area (TPSA) is 76.5 Å². The van der Waals surface area contributed by atoms with E-state index in [1.54, 1.807) is 0 Å². The molecule has 124 valence electrons. The number of carbonyl (C=O) groups is 1. The van der Waals surface area contributed by atoms with E-state index in [1.807, 2.05) is 46.8 Å². The van der Waals surface area contributed by atoms with Gasteiger partial charge in [0.25, 0.3) is 0 Å². The van der Waals surface area contributed by atoms with E-state index in [2.05, 4.69) is 15.1 Å². The van der Waals surface area contributed by atoms with Gasteiger partial charge < -0.3 is 13.8 Å². The zero-order valence-electron chi connectivity index (χ0n) is 13.6. The molecular weight excluding hydrogens is 306 g/mol. The van der Waals surface area contributed by atoms with Crippen LogP contribution in [0, 0.1) is 0 Å². The van der Waals surface area contributed by atoms with Crippen LogP contribution in [0.3, 0.4) is 0 Å². The highest BCUT2D eigenvalue weighted by atomic mass is 16.5. The lowest BCUT2D eigenvalue weighted by Gasteiger charge is -2.21. The van der Waals surface area contributed by atoms with Crippen molar-refractivity contribution < 1.29 is 9.32 Å². The van der Waals surface area contributed by atoms with Crippen molar-refractivity contribution in [2.24, 2.45) is 0 Å². The van der Waals surface area contributed by atoms with Gasteiger partial charge in [-0.25, -0.2) is 4.98 Å². The molecule has 0 spiro atoms. The van der Waals surface area contributed by atoms with Gasteiger partial charge in [-0.15, -0.1) is 0 Å². The predicted octanol–water partition coefficient (Wildman–Crippen LogP) is 2.19. The molecule has 4 rings (SSSR count). The van der Waals surface area contributed by atoms with Gasteiger partial charge in [0.05, 0.1) is 18.2 Å². The molecule has 3 aromatic heterocycles. The molecule has 1 aliphatic rings. The van der Waals surface area contributed by atoms with Crippen molar-refractivity contribution in [2.75, 3.05) is 6.54 Å². The Kier molecular flexibility index (Phi) is 3.76. The molecule has 7 heteroatoms. The van der Waals surface area contributed by atoms with Gasteiger partial charge in [0.15, 0.2) is 5.82 Å². The Hall–Kier alpha value is -2.70. The second-order valence-electron chi connectivity index (χ2n) is 6.02. The minimum absolute atomic E-state index is 0.0590. The molecule has 1 atom stereocenters. The average Bonchev–Trinajstić information content (AvgIpc) is 3.31. The quantitative estimate of drug-likeness (QED) is 0.735. The minimum atomic E-state index is -0.0846. The van der Waals surface area contributed by atoms with Crippen molar-refractivity contribution in [1.82, 2.24) is 24.4 Å². The molecule has 24 heavy (non-hydrogen) atoms. The third-order valence-electron chi connectivity index (χ3n) is 4.40. The zero-order valence-corrected chi connectivity index (χ0v) is 13.6. The normalized spacial score (nSPS) is 17.7. The van der Waals surface area contributed by atoms with Crippen LogP contribution in [-0.2, 0) is 17.6 Å². The fraction of sp³-hybridized carbons (Fsp3) is 0.412. The first-order valence-electron chi connectivity index (χ1n) is 8.29. The summed E-state index contributed by atoms with van der Waals surface area (Å²) in [7, 11) is 0. The van der Waals surface area contributed by atoms with E-state index in [-0.39, 0.29) is 18.4 Å². The molecule has 0 N–H and O–H groups in total. The van der Waals surface area contributed by atoms with Crippen molar-refractivity contribution in [3.8, 4) is 0 Å². The Morgan fingerprint density at radius 3 is 3.08 bits per heavy atom. The molecule has 0 saturated carbocycles. The number of aryl methyl sites for hydroxylation is 1. The number of aromatic nitrogens is 4. The van der Waals surface area contributed by atoms with Crippen LogP contribution >= 0.6 is 0 Å². The predicted molar refractivity (Wildman–Crippen MR) is 86.3 cm³/mol. The van der Waals surface area contributed by atoms with Gasteiger partial charge in [-0.1, -0.05) is 18.1 Å². The fourth-order valence-corrected chi connectivity index (χ4v) is 3.21. The van der Waals surface area contributed by atoms with Gasteiger partial charge in [-0.2, -0.15) is 4.98 Å². The zero-order chi connectivity index (χ0) is 16.5. The Morgan fingerprint density at radius 1 is 1.38 bits per heavy atom. The van der Waals surface area contributed by atoms with E-state index in [9.17, 15) is 4.79 Å². The lowest BCUT2D eigenvalue weighted by atomic mass is 10.2. The average molecular weight is 325 g/mol. The molecule has 0 aromatic carbocycles. The minimum Gasteiger partial charge on any atom is -0.339 e. The van der Waals surface area contributed by atoms with E-state index in [0.717, 1.165) is 30.7 Å². The molecule has 1 unspecified atom stereocenters. The third-order valence-corrected chi connectivity index (χ3v) is 4.40. The highest BCUT2D eigenvalue weighted by Crippen LogP contribution is 2.30. The largest absolute Gasteiger partial charge is 0.339 e. The van der Waals surface area contributed by atoms with Crippen LogP contribution in [0.4, 0.5) is 0 Å². The smallest absolute Gasteiger partial charge is 0.229 e. The Balaban J connectivity index is 1.52. The Labute approximate surface area is 139 Å². The van der Waals surface area contributed by atoms with Crippen molar-refractivity contribution in [1.29, 1.82) is 0 Å². The van der Waals surface area contributed by atoms with Gasteiger partial charge in [-0.05, 0) is 25.0 Å². The summed E-state index contributed by atoms with van der Waals surface area (Å²) in [6.07, 6.45) is 6.66. The van der Waals surface area contributed by atoms with Gasteiger partial charge in [0.1, 0.15) is 5.65 Å². The Morgan fingerprint density at radius 2 is 2.29 bits per heavy atom. The lowest BCUT2D eigenvalue weighted by Crippen LogP contribution is -2.32. The second kappa shape index (κ2) is 6.07. The van der Waals surface area contributed by atoms with Crippen LogP contribution in [0.2, 0.25) is 0 Å². The SMILES string of the molecule is CCc1nc(C2CCCN2C(=O)Cc2cn3ccccc3n2)no1. The number of rotatable bonds is 4. The molecule has 1 aliphatic heterocycles. The summed E-state index contributed by atoms with van der Waals surface area (Å²) in [4.78, 5) is 23.5. The maximum absolute atomic E-state index is 12.7. The summed E-state index contributed by atoms with van der Waals surface area (Å²) >= 11 is 0. The number of imidazole rings is 1. The van der Waals surface area contributed by atoms with Crippen molar-refractivity contribution in [2.45, 2.75) is 38.6 Å². The summed E-state index contributed by atoms with van der Waals surface area (Å²) in [5, 5.41) is 4.04. The van der Waals surface area contributed by atoms with Crippen LogP contribution in [-0.4, -0.2) is 36.9 Å². The maximum Gasteiger partial charge on any atom is 0.229 e. The third kappa shape index (κ3) is 2.66. The summed E-state index contributed by atoms with van der Waals surface area (Å²) < 4.78 is 7.13. The number of hydrogen-bond donors (Lipinski definition) is 0. The molecule has 7 nitrogen and oxygen atoms in total. The molecule has 0 radical (unpaired) electrons. The number of hydrogen-bond acceptors (Lipinski definition) is 5. The number of amides is 1. The van der Waals surface area contributed by atoms with Crippen LogP contribution < -0.4 is 0 Å². The monoisotopic (exact) mass is 325 g/mol. The molecule has 3 aromatic rings. The van der Waals surface area contributed by atoms with Crippen LogP contribution in [0.25, 0.3) is 5.65 Å². The maximum atomic E-state index is 12.7. The van der Waals surface area contributed by atoms with E-state index in [4.69, 9.17) is 4.52 Å². The van der Waals surface area contributed by atoms with Gasteiger partial charge >= 0.3 is 0 Å². The lowest BCUT2D eigenvalue weighted by molar-refractivity contribution is -0.131. The number of nitrogens with zero attached hydrogens (tertiary/aromatic N) is 5. The molecule has 0 bridgehead atoms. The molecular formula is C17H19N5O2. The summed E-state index contributed by atoms with van der Waals surface area (Å²) in [6.45, 7) is 2.70. The number of pyridine rings is 1. The first-order chi connectivity index (χ1) is 11.7. The summed E-state index contributed by atoms with van der Waals surface area (Å²) in [6, 6.07) is 5.72. The highest BCUT2D eigenvalue weighted by Gasteiger charge is 2.33. The molecule has 1 amide bonds. The molecule has 0 aliphatic carbocycles. The number of carbonyl (C=O) groups excluding carboxylic acids is 1. The Bertz CT molecular complexity index is 836. The van der Waals surface area contributed by atoms with E-state index >= 15 is 0 Å². The summed E-state index contributed by atoms with van der Waals surface area (Å²) in [5.41, 5.74) is 1.63. The highest BCUT2D eigenvalue weighted by molar-refractivity contribution is 5.79. The van der Waals surface area contributed by atoms with Gasteiger partial charge in [-0.3, -0.25) is 4.79 Å². The van der Waals surface area contributed by atoms with E-state index in [0.29, 0.717) is 18.1 Å². The van der Waals surface area contributed by atoms with Gasteiger partial charge in [0.2, 0.25) is 11.8 Å². The number of fused-ring (bicyclic) bond motifs is 1. The molecule has 1 fully saturated rings. The molecule has 4 heterocycles. The fourth-order valence-electron chi connectivity index (χ4n) is 3.21. The van der Waals surface area contributed by atoms with Crippen LogP contribution in [0.15, 0.2) is 35.1 Å². The first-order valence-corrected chi connectivity index (χ1v) is 8.29. The van der Waals surface area contributed by atoms with E-state index in [1.165, 1.54) is 0 Å². The standard InChI is InChI=1S/C17H19N5O2/c1-2-15-19-17(20-24-15)13-6-5-9-22(13)16(23)10-12-11-21-8-4-3-7-14(21)18-12/h3-4,7-8,11,13H,2,5-6,9-10H2,1H3. The molecule has 1 saturated heterocycles. The number of likely N-dealkylation sites (tertiary alicyclic amines) is 1. The van der Waals surface area contributed by atoms with Crippen molar-refractivity contribution >= 4 is 11.6 Å². The van der Waals surface area contributed by atoms with Crippen molar-refractivity contribution in [3.63, 3.8) is 0 Å². The van der Waals surface area contributed by atoms with Gasteiger partial charge in [0, 0.05) is 25.4 Å². The van der Waals surface area contributed by atoms with E-state index < -0.39 is 0 Å². The summed E-state index contributed by atoms with van der Waals surface area (Å²) in [5.74, 6) is 1.29.